The minimum absolute atomic E-state index is 0.131. The molecule has 0 aliphatic carbocycles. The normalized spacial score (nSPS) is 14.8. The van der Waals surface area contributed by atoms with Gasteiger partial charge in [0.05, 0.1) is 11.5 Å². The zero-order valence-electron chi connectivity index (χ0n) is 39.1. The third-order valence-electron chi connectivity index (χ3n) is 9.25. The molecule has 0 heterocycles. The summed E-state index contributed by atoms with van der Waals surface area (Å²) in [4.78, 5) is 0.199. The van der Waals surface area contributed by atoms with Crippen LogP contribution in [0.25, 0.3) is 0 Å². The SMILES string of the molecule is Cc1ccc(S(=O)(=O)OCCC[Si](CC(C)C)(CC(C)C)O[Si](CC(C)C)(CC(C)C)O[Si](CC(C)C)(CC(C)C)O[SiH](CC(C)C)O[SiH2]O[SiH2]O[SiH2]O[SiH3])cc1. The van der Waals surface area contributed by atoms with Crippen molar-refractivity contribution in [1.29, 1.82) is 0 Å². The summed E-state index contributed by atoms with van der Waals surface area (Å²) in [5.41, 5.74) is 1.01. The van der Waals surface area contributed by atoms with E-state index in [-0.39, 0.29) is 11.5 Å². The van der Waals surface area contributed by atoms with Crippen LogP contribution in [-0.2, 0) is 43.1 Å². The van der Waals surface area contributed by atoms with Crippen molar-refractivity contribution < 1.29 is 41.4 Å². The van der Waals surface area contributed by atoms with E-state index in [2.05, 4.69) is 96.9 Å². The van der Waals surface area contributed by atoms with E-state index in [9.17, 15) is 8.42 Å². The molecule has 1 aromatic carbocycles. The van der Waals surface area contributed by atoms with Crippen LogP contribution in [-0.4, -0.2) is 90.3 Å². The fourth-order valence-electron chi connectivity index (χ4n) is 8.13. The van der Waals surface area contributed by atoms with E-state index in [0.29, 0.717) is 58.3 Å². The highest BCUT2D eigenvalue weighted by molar-refractivity contribution is 7.86. The molecule has 19 heteroatoms. The maximum absolute atomic E-state index is 13.2. The van der Waals surface area contributed by atoms with E-state index in [1.54, 1.807) is 12.1 Å². The molecule has 1 aromatic rings. The number of benzene rings is 1. The zero-order chi connectivity index (χ0) is 43.5. The monoisotopic (exact) mass is 958 g/mol. The lowest BCUT2D eigenvalue weighted by Gasteiger charge is -2.49. The second kappa shape index (κ2) is 27.6. The molecule has 0 N–H and O–H groups in total. The Morgan fingerprint density at radius 1 is 0.632 bits per heavy atom. The maximum Gasteiger partial charge on any atom is 0.320 e. The van der Waals surface area contributed by atoms with E-state index in [0.717, 1.165) is 53.9 Å². The third-order valence-corrected chi connectivity index (χ3v) is 36.7. The van der Waals surface area contributed by atoms with Gasteiger partial charge in [0.1, 0.15) is 10.5 Å². The minimum atomic E-state index is -3.86. The molecule has 0 bridgehead atoms. The Morgan fingerprint density at radius 2 is 1.11 bits per heavy atom. The summed E-state index contributed by atoms with van der Waals surface area (Å²) in [6.07, 6.45) is 0.616. The minimum Gasteiger partial charge on any atom is -0.449 e. The second-order valence-electron chi connectivity index (χ2n) is 19.4. The largest absolute Gasteiger partial charge is 0.449 e. The summed E-state index contributed by atoms with van der Waals surface area (Å²) < 4.78 is 79.8. The van der Waals surface area contributed by atoms with Crippen LogP contribution in [0.15, 0.2) is 29.2 Å². The van der Waals surface area contributed by atoms with Crippen LogP contribution in [0.3, 0.4) is 0 Å². The molecule has 1 atom stereocenters. The smallest absolute Gasteiger partial charge is 0.320 e. The average Bonchev–Trinajstić information content (AvgIpc) is 3.02. The van der Waals surface area contributed by atoms with Crippen LogP contribution in [0, 0.1) is 48.3 Å². The van der Waals surface area contributed by atoms with Gasteiger partial charge in [0.25, 0.3) is 40.1 Å². The summed E-state index contributed by atoms with van der Waals surface area (Å²) in [5, 5.41) is 0. The number of rotatable bonds is 33. The van der Waals surface area contributed by atoms with Crippen LogP contribution in [0.1, 0.15) is 109 Å². The Labute approximate surface area is 366 Å². The van der Waals surface area contributed by atoms with Crippen molar-refractivity contribution in [3.63, 3.8) is 0 Å². The van der Waals surface area contributed by atoms with Gasteiger partial charge in [-0.2, -0.15) is 8.42 Å². The molecule has 57 heavy (non-hydrogen) atoms. The first kappa shape index (κ1) is 55.6. The van der Waals surface area contributed by atoms with Gasteiger partial charge in [-0.25, -0.2) is 0 Å². The molecule has 336 valence electrons. The van der Waals surface area contributed by atoms with Gasteiger partial charge >= 0.3 is 26.4 Å². The molecule has 0 aromatic heterocycles. The topological polar surface area (TPSA) is 108 Å². The predicted molar refractivity (Wildman–Crippen MR) is 259 cm³/mol. The standard InChI is InChI=1S/C38H86O10SSi8/c1-30(2)23-54(45-53-44-52-43-51-42-50)46-56(26-33(7)8,27-34(9)10)48-57(28-35(11)12,29-36(13)14)47-55(24-31(3)4,25-32(5)6)22-16-21-41-49(39,40)38-19-17-37(15)18-20-38/h17-20,30-36,54H,16,21-29,51-53H2,1-15,50H3. The van der Waals surface area contributed by atoms with Crippen molar-refractivity contribution in [2.45, 2.75) is 164 Å². The van der Waals surface area contributed by atoms with Gasteiger partial charge in [-0.15, -0.1) is 0 Å². The molecule has 1 unspecified atom stereocenters. The lowest BCUT2D eigenvalue weighted by molar-refractivity contribution is 0.258. The molecule has 0 aliphatic heterocycles. The molecule has 0 amide bonds. The van der Waals surface area contributed by atoms with Gasteiger partial charge in [0.2, 0.25) is 0 Å². The number of hydrogen-bond acceptors (Lipinski definition) is 10. The number of hydrogen-bond donors (Lipinski definition) is 0. The van der Waals surface area contributed by atoms with E-state index >= 15 is 0 Å². The Bertz CT molecular complexity index is 1290. The van der Waals surface area contributed by atoms with Crippen molar-refractivity contribution in [3.05, 3.63) is 29.8 Å². The first-order chi connectivity index (χ1) is 26.5. The van der Waals surface area contributed by atoms with Crippen molar-refractivity contribution in [1.82, 2.24) is 0 Å². The van der Waals surface area contributed by atoms with Crippen LogP contribution in [0.4, 0.5) is 0 Å². The Morgan fingerprint density at radius 3 is 1.56 bits per heavy atom. The summed E-state index contributed by atoms with van der Waals surface area (Å²) in [6.45, 7) is 34.2. The summed E-state index contributed by atoms with van der Waals surface area (Å²) in [5.74, 6) is 2.78. The molecule has 0 saturated carbocycles. The quantitative estimate of drug-likeness (QED) is 0.0411. The van der Waals surface area contributed by atoms with Crippen LogP contribution >= 0.6 is 0 Å². The Kier molecular flexibility index (Phi) is 26.9. The fourth-order valence-corrected chi connectivity index (χ4v) is 40.2. The van der Waals surface area contributed by atoms with Gasteiger partial charge in [-0.1, -0.05) is 115 Å². The fraction of sp³-hybridized carbons (Fsp3) is 0.842. The van der Waals surface area contributed by atoms with Gasteiger partial charge in [-0.3, -0.25) is 4.18 Å². The summed E-state index contributed by atoms with van der Waals surface area (Å²) >= 11 is 0. The van der Waals surface area contributed by atoms with Gasteiger partial charge in [-0.05, 0) is 115 Å². The van der Waals surface area contributed by atoms with Crippen molar-refractivity contribution in [2.75, 3.05) is 6.61 Å². The summed E-state index contributed by atoms with van der Waals surface area (Å²) in [6, 6.07) is 14.2. The highest BCUT2D eigenvalue weighted by Crippen LogP contribution is 2.43. The van der Waals surface area contributed by atoms with E-state index in [1.807, 2.05) is 19.1 Å². The van der Waals surface area contributed by atoms with E-state index < -0.39 is 74.9 Å². The first-order valence-corrected chi connectivity index (χ1v) is 36.2. The van der Waals surface area contributed by atoms with Crippen LogP contribution < -0.4 is 0 Å². The number of aryl methyl sites for hydroxylation is 1. The molecule has 10 nitrogen and oxygen atoms in total. The highest BCUT2D eigenvalue weighted by atomic mass is 32.2. The molecule has 0 saturated heterocycles. The molecule has 0 radical (unpaired) electrons. The van der Waals surface area contributed by atoms with Crippen molar-refractivity contribution in [2.24, 2.45) is 41.4 Å². The molecule has 1 rings (SSSR count). The van der Waals surface area contributed by atoms with E-state index in [1.165, 1.54) is 0 Å². The van der Waals surface area contributed by atoms with Crippen LogP contribution in [0.2, 0.25) is 48.4 Å². The highest BCUT2D eigenvalue weighted by Gasteiger charge is 2.55. The van der Waals surface area contributed by atoms with Crippen molar-refractivity contribution >= 4 is 85.3 Å². The average molecular weight is 960 g/mol. The van der Waals surface area contributed by atoms with Gasteiger partial charge < -0.3 is 28.8 Å². The van der Waals surface area contributed by atoms with Crippen LogP contribution in [0.5, 0.6) is 0 Å². The lowest BCUT2D eigenvalue weighted by Crippen LogP contribution is -2.63. The molecule has 0 spiro atoms. The summed E-state index contributed by atoms with van der Waals surface area (Å²) in [7, 11) is -17.1. The Balaban J connectivity index is 3.83. The first-order valence-electron chi connectivity index (χ1n) is 21.8. The van der Waals surface area contributed by atoms with Gasteiger partial charge in [0, 0.05) is 0 Å². The predicted octanol–water partition coefficient (Wildman–Crippen LogP) is 7.13. The van der Waals surface area contributed by atoms with Crippen molar-refractivity contribution in [3.8, 4) is 0 Å². The van der Waals surface area contributed by atoms with Gasteiger partial charge in [0.15, 0.2) is 8.32 Å². The molecular weight excluding hydrogens is 873 g/mol. The molecule has 0 aliphatic rings. The third kappa shape index (κ3) is 23.6. The zero-order valence-corrected chi connectivity index (χ0v) is 50.3. The molecule has 0 fully saturated rings. The maximum atomic E-state index is 13.2. The second-order valence-corrected chi connectivity index (χ2v) is 41.5. The Hall–Kier alpha value is 0.585. The van der Waals surface area contributed by atoms with E-state index in [4.69, 9.17) is 33.0 Å². The lowest BCUT2D eigenvalue weighted by atomic mass is 10.2. The molecular formula is C38H86O10SSi8.